The summed E-state index contributed by atoms with van der Waals surface area (Å²) >= 11 is 1.70. The third-order valence-corrected chi connectivity index (χ3v) is 3.47. The molecule has 94 valence electrons. The second-order valence-corrected chi connectivity index (χ2v) is 4.66. The van der Waals surface area contributed by atoms with Crippen LogP contribution in [0.2, 0.25) is 0 Å². The first-order chi connectivity index (χ1) is 8.70. The zero-order chi connectivity index (χ0) is 13.0. The van der Waals surface area contributed by atoms with Crippen LogP contribution < -0.4 is 5.32 Å². The number of hydrogen-bond donors (Lipinski definition) is 1. The molecule has 0 saturated heterocycles. The summed E-state index contributed by atoms with van der Waals surface area (Å²) in [7, 11) is 1.32. The molecule has 0 fully saturated rings. The SMILES string of the molecule is COC(=O)c1cnc(NCc2sccc2C)cn1. The lowest BCUT2D eigenvalue weighted by atomic mass is 10.3. The van der Waals surface area contributed by atoms with E-state index in [1.165, 1.54) is 29.9 Å². The Kier molecular flexibility index (Phi) is 3.88. The number of aryl methyl sites for hydroxylation is 1. The van der Waals surface area contributed by atoms with Crippen LogP contribution in [0.4, 0.5) is 5.82 Å². The van der Waals surface area contributed by atoms with Gasteiger partial charge in [-0.3, -0.25) is 0 Å². The fourth-order valence-corrected chi connectivity index (χ4v) is 2.23. The molecule has 2 heterocycles. The number of ether oxygens (including phenoxy) is 1. The summed E-state index contributed by atoms with van der Waals surface area (Å²) in [5.41, 5.74) is 1.46. The molecule has 0 aliphatic heterocycles. The molecule has 6 heteroatoms. The molecule has 5 nitrogen and oxygen atoms in total. The lowest BCUT2D eigenvalue weighted by molar-refractivity contribution is 0.0593. The summed E-state index contributed by atoms with van der Waals surface area (Å²) in [4.78, 5) is 20.5. The van der Waals surface area contributed by atoms with Gasteiger partial charge in [-0.25, -0.2) is 14.8 Å². The predicted octanol–water partition coefficient (Wildman–Crippen LogP) is 2.25. The number of nitrogens with one attached hydrogen (secondary N) is 1. The third kappa shape index (κ3) is 2.84. The maximum atomic E-state index is 11.2. The number of nitrogens with zero attached hydrogens (tertiary/aromatic N) is 2. The van der Waals surface area contributed by atoms with Crippen LogP contribution in [-0.4, -0.2) is 23.0 Å². The molecule has 0 unspecified atom stereocenters. The van der Waals surface area contributed by atoms with E-state index in [9.17, 15) is 4.79 Å². The van der Waals surface area contributed by atoms with E-state index < -0.39 is 5.97 Å². The highest BCUT2D eigenvalue weighted by atomic mass is 32.1. The maximum absolute atomic E-state index is 11.2. The van der Waals surface area contributed by atoms with Gasteiger partial charge in [0, 0.05) is 4.88 Å². The van der Waals surface area contributed by atoms with Crippen LogP contribution in [-0.2, 0) is 11.3 Å². The van der Waals surface area contributed by atoms with E-state index in [4.69, 9.17) is 0 Å². The van der Waals surface area contributed by atoms with Crippen molar-refractivity contribution in [2.24, 2.45) is 0 Å². The van der Waals surface area contributed by atoms with E-state index in [2.05, 4.69) is 38.4 Å². The number of anilines is 1. The van der Waals surface area contributed by atoms with E-state index in [0.29, 0.717) is 12.4 Å². The number of aromatic nitrogens is 2. The number of rotatable bonds is 4. The Balaban J connectivity index is 1.98. The topological polar surface area (TPSA) is 64.1 Å². The summed E-state index contributed by atoms with van der Waals surface area (Å²) < 4.78 is 4.55. The molecule has 2 aromatic heterocycles. The molecule has 0 amide bonds. The Morgan fingerprint density at radius 1 is 1.44 bits per heavy atom. The molecule has 0 spiro atoms. The van der Waals surface area contributed by atoms with Crippen LogP contribution in [0, 0.1) is 6.92 Å². The molecular formula is C12H13N3O2S. The molecule has 0 radical (unpaired) electrons. The van der Waals surface area contributed by atoms with E-state index in [1.807, 2.05) is 0 Å². The van der Waals surface area contributed by atoms with Gasteiger partial charge >= 0.3 is 5.97 Å². The number of esters is 1. The minimum atomic E-state index is -0.483. The van der Waals surface area contributed by atoms with Crippen LogP contribution >= 0.6 is 11.3 Å². The van der Waals surface area contributed by atoms with E-state index in [1.54, 1.807) is 11.3 Å². The smallest absolute Gasteiger partial charge is 0.358 e. The summed E-state index contributed by atoms with van der Waals surface area (Å²) in [5, 5.41) is 5.21. The fraction of sp³-hybridized carbons (Fsp3) is 0.250. The van der Waals surface area contributed by atoms with Crippen molar-refractivity contribution in [3.63, 3.8) is 0 Å². The van der Waals surface area contributed by atoms with Gasteiger partial charge in [0.15, 0.2) is 5.69 Å². The van der Waals surface area contributed by atoms with Gasteiger partial charge in [0.05, 0.1) is 26.0 Å². The molecule has 0 aliphatic carbocycles. The largest absolute Gasteiger partial charge is 0.464 e. The normalized spacial score (nSPS) is 10.1. The van der Waals surface area contributed by atoms with Gasteiger partial charge in [-0.05, 0) is 23.9 Å². The van der Waals surface area contributed by atoms with Crippen molar-refractivity contribution in [1.82, 2.24) is 9.97 Å². The van der Waals surface area contributed by atoms with Crippen molar-refractivity contribution in [1.29, 1.82) is 0 Å². The van der Waals surface area contributed by atoms with Crippen molar-refractivity contribution in [3.8, 4) is 0 Å². The number of carbonyl (C=O) groups is 1. The summed E-state index contributed by atoms with van der Waals surface area (Å²) in [6.07, 6.45) is 2.92. The van der Waals surface area contributed by atoms with Crippen LogP contribution in [0.25, 0.3) is 0 Å². The molecule has 1 N–H and O–H groups in total. The Hall–Kier alpha value is -1.95. The minimum absolute atomic E-state index is 0.204. The monoisotopic (exact) mass is 263 g/mol. The first-order valence-electron chi connectivity index (χ1n) is 5.38. The molecular weight excluding hydrogens is 250 g/mol. The number of methoxy groups -OCH3 is 1. The number of carbonyl (C=O) groups excluding carboxylic acids is 1. The molecule has 0 aromatic carbocycles. The van der Waals surface area contributed by atoms with E-state index in [0.717, 1.165) is 0 Å². The van der Waals surface area contributed by atoms with Crippen LogP contribution in [0.15, 0.2) is 23.8 Å². The summed E-state index contributed by atoms with van der Waals surface area (Å²) in [6, 6.07) is 2.08. The van der Waals surface area contributed by atoms with Gasteiger partial charge in [-0.2, -0.15) is 0 Å². The second-order valence-electron chi connectivity index (χ2n) is 3.66. The molecule has 18 heavy (non-hydrogen) atoms. The van der Waals surface area contributed by atoms with Gasteiger partial charge in [0.2, 0.25) is 0 Å². The van der Waals surface area contributed by atoms with E-state index in [-0.39, 0.29) is 5.69 Å². The average molecular weight is 263 g/mol. The van der Waals surface area contributed by atoms with Gasteiger partial charge < -0.3 is 10.1 Å². The molecule has 2 aromatic rings. The Bertz CT molecular complexity index is 537. The van der Waals surface area contributed by atoms with Gasteiger partial charge in [0.1, 0.15) is 5.82 Å². The van der Waals surface area contributed by atoms with Crippen LogP contribution in [0.1, 0.15) is 20.9 Å². The third-order valence-electron chi connectivity index (χ3n) is 2.44. The van der Waals surface area contributed by atoms with Gasteiger partial charge in [0.25, 0.3) is 0 Å². The lowest BCUT2D eigenvalue weighted by Gasteiger charge is -2.05. The standard InChI is InChI=1S/C12H13N3O2S/c1-8-3-4-18-10(8)6-15-11-7-13-9(5-14-11)12(16)17-2/h3-5,7H,6H2,1-2H3,(H,14,15). The average Bonchev–Trinajstić information content (AvgIpc) is 2.81. The van der Waals surface area contributed by atoms with Crippen LogP contribution in [0.5, 0.6) is 0 Å². The zero-order valence-electron chi connectivity index (χ0n) is 10.1. The highest BCUT2D eigenvalue weighted by Crippen LogP contribution is 2.16. The molecule has 2 rings (SSSR count). The fourth-order valence-electron chi connectivity index (χ4n) is 1.39. The second kappa shape index (κ2) is 5.59. The van der Waals surface area contributed by atoms with Crippen molar-refractivity contribution in [2.75, 3.05) is 12.4 Å². The Morgan fingerprint density at radius 3 is 2.83 bits per heavy atom. The number of thiophene rings is 1. The number of hydrogen-bond acceptors (Lipinski definition) is 6. The quantitative estimate of drug-likeness (QED) is 0.857. The molecule has 0 atom stereocenters. The van der Waals surface area contributed by atoms with Crippen molar-refractivity contribution in [2.45, 2.75) is 13.5 Å². The van der Waals surface area contributed by atoms with Gasteiger partial charge in [-0.15, -0.1) is 11.3 Å². The van der Waals surface area contributed by atoms with Crippen LogP contribution in [0.3, 0.4) is 0 Å². The minimum Gasteiger partial charge on any atom is -0.464 e. The van der Waals surface area contributed by atoms with Gasteiger partial charge in [-0.1, -0.05) is 0 Å². The Labute approximate surface area is 109 Å². The summed E-state index contributed by atoms with van der Waals surface area (Å²) in [6.45, 7) is 2.77. The zero-order valence-corrected chi connectivity index (χ0v) is 11.0. The summed E-state index contributed by atoms with van der Waals surface area (Å²) in [5.74, 6) is 0.151. The van der Waals surface area contributed by atoms with Crippen molar-refractivity contribution in [3.05, 3.63) is 40.0 Å². The molecule has 0 bridgehead atoms. The van der Waals surface area contributed by atoms with Crippen molar-refractivity contribution >= 4 is 23.1 Å². The highest BCUT2D eigenvalue weighted by Gasteiger charge is 2.07. The molecule has 0 saturated carbocycles. The maximum Gasteiger partial charge on any atom is 0.358 e. The first-order valence-corrected chi connectivity index (χ1v) is 6.26. The van der Waals surface area contributed by atoms with E-state index >= 15 is 0 Å². The lowest BCUT2D eigenvalue weighted by Crippen LogP contribution is -2.07. The van der Waals surface area contributed by atoms with Crippen molar-refractivity contribution < 1.29 is 9.53 Å². The first kappa shape index (κ1) is 12.5. The predicted molar refractivity (Wildman–Crippen MR) is 69.8 cm³/mol. The Morgan fingerprint density at radius 2 is 2.28 bits per heavy atom. The molecule has 0 aliphatic rings. The highest BCUT2D eigenvalue weighted by molar-refractivity contribution is 7.10.